The number of carbonyl (C=O) groups excluding carboxylic acids is 1. The molecule has 0 heterocycles. The van der Waals surface area contributed by atoms with Crippen molar-refractivity contribution in [2.75, 3.05) is 14.2 Å². The Morgan fingerprint density at radius 3 is 2.47 bits per heavy atom. The molecule has 82 valence electrons. The molecule has 15 heavy (non-hydrogen) atoms. The molecule has 1 amide bonds. The van der Waals surface area contributed by atoms with Crippen molar-refractivity contribution in [3.63, 3.8) is 0 Å². The Balaban J connectivity index is 2.85. The van der Waals surface area contributed by atoms with Crippen LogP contribution in [0.15, 0.2) is 30.3 Å². The second-order valence-corrected chi connectivity index (χ2v) is 3.39. The summed E-state index contributed by atoms with van der Waals surface area (Å²) in [6.07, 6.45) is 0.774. The van der Waals surface area contributed by atoms with E-state index in [0.717, 1.165) is 12.0 Å². The van der Waals surface area contributed by atoms with Crippen LogP contribution in [0, 0.1) is 0 Å². The zero-order valence-electron chi connectivity index (χ0n) is 9.43. The van der Waals surface area contributed by atoms with E-state index in [-0.39, 0.29) is 11.8 Å². The Morgan fingerprint density at radius 1 is 1.40 bits per heavy atom. The zero-order chi connectivity index (χ0) is 11.3. The van der Waals surface area contributed by atoms with Crippen LogP contribution in [0.3, 0.4) is 0 Å². The summed E-state index contributed by atoms with van der Waals surface area (Å²) in [5, 5.41) is 1.28. The van der Waals surface area contributed by atoms with Gasteiger partial charge in [0, 0.05) is 7.05 Å². The molecule has 1 aromatic rings. The fourth-order valence-electron chi connectivity index (χ4n) is 1.55. The van der Waals surface area contributed by atoms with Crippen LogP contribution >= 0.6 is 0 Å². The van der Waals surface area contributed by atoms with Gasteiger partial charge in [0.2, 0.25) is 0 Å². The number of benzene rings is 1. The Morgan fingerprint density at radius 2 is 2.00 bits per heavy atom. The SMILES string of the molecule is CC[C@@H](C(=O)N(C)OC)c1ccccc1. The first-order chi connectivity index (χ1) is 7.20. The van der Waals surface area contributed by atoms with E-state index in [1.54, 1.807) is 7.05 Å². The standard InChI is InChI=1S/C12H17NO2/c1-4-11(12(14)13(2)15-3)10-8-6-5-7-9-10/h5-9,11H,4H2,1-3H3/t11-/m1/s1. The Labute approximate surface area is 90.6 Å². The highest BCUT2D eigenvalue weighted by molar-refractivity contribution is 5.82. The number of hydrogen-bond acceptors (Lipinski definition) is 2. The molecule has 0 spiro atoms. The lowest BCUT2D eigenvalue weighted by Gasteiger charge is -2.20. The maximum Gasteiger partial charge on any atom is 0.253 e. The molecule has 0 fully saturated rings. The fourth-order valence-corrected chi connectivity index (χ4v) is 1.55. The monoisotopic (exact) mass is 207 g/mol. The van der Waals surface area contributed by atoms with Crippen molar-refractivity contribution in [2.24, 2.45) is 0 Å². The van der Waals surface area contributed by atoms with E-state index >= 15 is 0 Å². The highest BCUT2D eigenvalue weighted by Gasteiger charge is 2.21. The largest absolute Gasteiger partial charge is 0.275 e. The highest BCUT2D eigenvalue weighted by Crippen LogP contribution is 2.21. The molecular weight excluding hydrogens is 190 g/mol. The molecule has 3 heteroatoms. The van der Waals surface area contributed by atoms with Gasteiger partial charge in [0.25, 0.3) is 5.91 Å². The second-order valence-electron chi connectivity index (χ2n) is 3.39. The van der Waals surface area contributed by atoms with E-state index in [0.29, 0.717) is 0 Å². The first-order valence-corrected chi connectivity index (χ1v) is 5.07. The Hall–Kier alpha value is -1.35. The summed E-state index contributed by atoms with van der Waals surface area (Å²) in [7, 11) is 3.13. The van der Waals surface area contributed by atoms with Crippen LogP contribution in [0.25, 0.3) is 0 Å². The third kappa shape index (κ3) is 2.80. The average molecular weight is 207 g/mol. The summed E-state index contributed by atoms with van der Waals surface area (Å²) in [5.74, 6) is -0.123. The van der Waals surface area contributed by atoms with Crippen molar-refractivity contribution in [2.45, 2.75) is 19.3 Å². The van der Waals surface area contributed by atoms with E-state index in [4.69, 9.17) is 4.84 Å². The molecule has 0 saturated carbocycles. The van der Waals surface area contributed by atoms with E-state index < -0.39 is 0 Å². The molecule has 1 atom stereocenters. The van der Waals surface area contributed by atoms with Crippen molar-refractivity contribution in [3.8, 4) is 0 Å². The molecule has 0 unspecified atom stereocenters. The molecular formula is C12H17NO2. The van der Waals surface area contributed by atoms with Crippen LogP contribution in [-0.2, 0) is 9.63 Å². The van der Waals surface area contributed by atoms with Crippen LogP contribution in [0.1, 0.15) is 24.8 Å². The second kappa shape index (κ2) is 5.51. The van der Waals surface area contributed by atoms with Crippen LogP contribution in [0.5, 0.6) is 0 Å². The highest BCUT2D eigenvalue weighted by atomic mass is 16.7. The van der Waals surface area contributed by atoms with Gasteiger partial charge < -0.3 is 0 Å². The number of likely N-dealkylation sites (N-methyl/N-ethyl adjacent to an activating group) is 1. The first kappa shape index (κ1) is 11.7. The van der Waals surface area contributed by atoms with Crippen molar-refractivity contribution < 1.29 is 9.63 Å². The molecule has 0 N–H and O–H groups in total. The number of amides is 1. The summed E-state index contributed by atoms with van der Waals surface area (Å²) in [5.41, 5.74) is 1.04. The van der Waals surface area contributed by atoms with Gasteiger partial charge in [-0.3, -0.25) is 9.63 Å². The minimum absolute atomic E-state index is 0.00815. The average Bonchev–Trinajstić information content (AvgIpc) is 2.30. The van der Waals surface area contributed by atoms with E-state index in [9.17, 15) is 4.79 Å². The number of nitrogens with zero attached hydrogens (tertiary/aromatic N) is 1. The van der Waals surface area contributed by atoms with Crippen molar-refractivity contribution in [3.05, 3.63) is 35.9 Å². The molecule has 0 radical (unpaired) electrons. The van der Waals surface area contributed by atoms with Gasteiger partial charge in [-0.15, -0.1) is 0 Å². The summed E-state index contributed by atoms with van der Waals surface area (Å²) in [6, 6.07) is 9.77. The lowest BCUT2D eigenvalue weighted by atomic mass is 9.96. The molecule has 0 aliphatic carbocycles. The van der Waals surface area contributed by atoms with Crippen LogP contribution < -0.4 is 0 Å². The van der Waals surface area contributed by atoms with E-state index in [1.807, 2.05) is 37.3 Å². The Kier molecular flexibility index (Phi) is 4.31. The molecule has 3 nitrogen and oxygen atoms in total. The minimum Gasteiger partial charge on any atom is -0.275 e. The molecule has 0 saturated heterocycles. The van der Waals surface area contributed by atoms with Crippen LogP contribution in [0.4, 0.5) is 0 Å². The number of hydroxylamine groups is 2. The van der Waals surface area contributed by atoms with Gasteiger partial charge in [0.05, 0.1) is 13.0 Å². The van der Waals surface area contributed by atoms with Gasteiger partial charge in [-0.05, 0) is 12.0 Å². The van der Waals surface area contributed by atoms with Crippen molar-refractivity contribution in [1.29, 1.82) is 0 Å². The maximum atomic E-state index is 11.9. The normalized spacial score (nSPS) is 12.2. The summed E-state index contributed by atoms with van der Waals surface area (Å²) < 4.78 is 0. The predicted octanol–water partition coefficient (Wildman–Crippen LogP) is 2.20. The lowest BCUT2D eigenvalue weighted by molar-refractivity contribution is -0.170. The molecule has 0 aromatic heterocycles. The van der Waals surface area contributed by atoms with E-state index in [2.05, 4.69) is 0 Å². The summed E-state index contributed by atoms with van der Waals surface area (Å²) >= 11 is 0. The molecule has 0 aliphatic rings. The van der Waals surface area contributed by atoms with Gasteiger partial charge in [0.1, 0.15) is 0 Å². The topological polar surface area (TPSA) is 29.5 Å². The quantitative estimate of drug-likeness (QED) is 0.708. The Bertz CT molecular complexity index is 311. The van der Waals surface area contributed by atoms with Gasteiger partial charge in [0.15, 0.2) is 0 Å². The lowest BCUT2D eigenvalue weighted by Crippen LogP contribution is -2.30. The number of carbonyl (C=O) groups is 1. The molecule has 0 bridgehead atoms. The third-order valence-corrected chi connectivity index (χ3v) is 2.49. The van der Waals surface area contributed by atoms with Crippen molar-refractivity contribution in [1.82, 2.24) is 5.06 Å². The van der Waals surface area contributed by atoms with Gasteiger partial charge in [-0.25, -0.2) is 5.06 Å². The van der Waals surface area contributed by atoms with Gasteiger partial charge in [-0.2, -0.15) is 0 Å². The maximum absolute atomic E-state index is 11.9. The molecule has 0 aliphatic heterocycles. The molecule has 1 aromatic carbocycles. The minimum atomic E-state index is -0.115. The third-order valence-electron chi connectivity index (χ3n) is 2.49. The first-order valence-electron chi connectivity index (χ1n) is 5.07. The molecule has 1 rings (SSSR count). The number of rotatable bonds is 4. The van der Waals surface area contributed by atoms with Gasteiger partial charge >= 0.3 is 0 Å². The van der Waals surface area contributed by atoms with Crippen molar-refractivity contribution >= 4 is 5.91 Å². The van der Waals surface area contributed by atoms with Gasteiger partial charge in [-0.1, -0.05) is 37.3 Å². The van der Waals surface area contributed by atoms with Crippen LogP contribution in [-0.4, -0.2) is 25.1 Å². The fraction of sp³-hybridized carbons (Fsp3) is 0.417. The van der Waals surface area contributed by atoms with Crippen LogP contribution in [0.2, 0.25) is 0 Å². The summed E-state index contributed by atoms with van der Waals surface area (Å²) in [4.78, 5) is 16.8. The smallest absolute Gasteiger partial charge is 0.253 e. The predicted molar refractivity (Wildman–Crippen MR) is 59.3 cm³/mol. The summed E-state index contributed by atoms with van der Waals surface area (Å²) in [6.45, 7) is 2.00. The van der Waals surface area contributed by atoms with E-state index in [1.165, 1.54) is 12.2 Å². The zero-order valence-corrected chi connectivity index (χ0v) is 9.43. The number of hydrogen-bond donors (Lipinski definition) is 0.